The third-order valence-corrected chi connectivity index (χ3v) is 5.01. The third kappa shape index (κ3) is 2.35. The molecule has 2 fully saturated rings. The number of thiazole rings is 1. The second kappa shape index (κ2) is 4.46. The lowest BCUT2D eigenvalue weighted by molar-refractivity contribution is 0.535. The molecule has 2 heterocycles. The molecular formula is C15H18N2OS. The zero-order valence-electron chi connectivity index (χ0n) is 11.1. The highest BCUT2D eigenvalue weighted by atomic mass is 32.1. The lowest BCUT2D eigenvalue weighted by atomic mass is 10.2. The number of rotatable bonds is 5. The Morgan fingerprint density at radius 2 is 2.21 bits per heavy atom. The van der Waals surface area contributed by atoms with Gasteiger partial charge in [0, 0.05) is 23.4 Å². The number of aromatic nitrogens is 1. The summed E-state index contributed by atoms with van der Waals surface area (Å²) >= 11 is 1.84. The fourth-order valence-corrected chi connectivity index (χ4v) is 3.58. The molecule has 4 rings (SSSR count). The molecule has 0 amide bonds. The van der Waals surface area contributed by atoms with E-state index in [1.165, 1.54) is 36.3 Å². The first-order chi connectivity index (χ1) is 9.31. The highest BCUT2D eigenvalue weighted by molar-refractivity contribution is 7.15. The SMILES string of the molecule is Cc1occc1-c1nc(C2CC2)c(CNC2CC2)s1. The van der Waals surface area contributed by atoms with Gasteiger partial charge in [-0.3, -0.25) is 0 Å². The van der Waals surface area contributed by atoms with Crippen molar-refractivity contribution in [3.05, 3.63) is 28.7 Å². The first-order valence-electron chi connectivity index (χ1n) is 7.08. The smallest absolute Gasteiger partial charge is 0.127 e. The van der Waals surface area contributed by atoms with Crippen LogP contribution in [0.5, 0.6) is 0 Å². The van der Waals surface area contributed by atoms with Crippen LogP contribution in [-0.4, -0.2) is 11.0 Å². The molecule has 0 atom stereocenters. The molecule has 0 aromatic carbocycles. The third-order valence-electron chi connectivity index (χ3n) is 3.91. The summed E-state index contributed by atoms with van der Waals surface area (Å²) in [7, 11) is 0. The second-order valence-corrected chi connectivity index (χ2v) is 6.73. The van der Waals surface area contributed by atoms with Gasteiger partial charge in [0.25, 0.3) is 0 Å². The maximum atomic E-state index is 5.40. The predicted molar refractivity (Wildman–Crippen MR) is 76.4 cm³/mol. The summed E-state index contributed by atoms with van der Waals surface area (Å²) in [6.45, 7) is 3.00. The molecular weight excluding hydrogens is 256 g/mol. The standard InChI is InChI=1S/C15H18N2OS/c1-9-12(6-7-18-9)15-17-14(10-2-3-10)13(19-15)8-16-11-4-5-11/h6-7,10-11,16H,2-5,8H2,1H3. The van der Waals surface area contributed by atoms with E-state index in [9.17, 15) is 0 Å². The van der Waals surface area contributed by atoms with Crippen LogP contribution in [0.3, 0.4) is 0 Å². The Balaban J connectivity index is 1.64. The van der Waals surface area contributed by atoms with Crippen LogP contribution in [0, 0.1) is 6.92 Å². The normalized spacial score (nSPS) is 19.0. The van der Waals surface area contributed by atoms with Crippen molar-refractivity contribution in [2.24, 2.45) is 0 Å². The van der Waals surface area contributed by atoms with E-state index in [1.54, 1.807) is 6.26 Å². The summed E-state index contributed by atoms with van der Waals surface area (Å²) in [4.78, 5) is 6.33. The number of nitrogens with zero attached hydrogens (tertiary/aromatic N) is 1. The molecule has 0 aliphatic heterocycles. The highest BCUT2D eigenvalue weighted by Gasteiger charge is 2.31. The molecule has 2 aliphatic rings. The molecule has 100 valence electrons. The monoisotopic (exact) mass is 274 g/mol. The van der Waals surface area contributed by atoms with Crippen molar-refractivity contribution in [1.82, 2.24) is 10.3 Å². The molecule has 0 radical (unpaired) electrons. The maximum absolute atomic E-state index is 5.40. The Hall–Kier alpha value is -1.13. The quantitative estimate of drug-likeness (QED) is 0.900. The summed E-state index contributed by atoms with van der Waals surface area (Å²) < 4.78 is 5.40. The van der Waals surface area contributed by atoms with Crippen LogP contribution in [-0.2, 0) is 6.54 Å². The minimum absolute atomic E-state index is 0.716. The minimum atomic E-state index is 0.716. The van der Waals surface area contributed by atoms with Gasteiger partial charge in [0.2, 0.25) is 0 Å². The van der Waals surface area contributed by atoms with Gasteiger partial charge in [-0.15, -0.1) is 11.3 Å². The van der Waals surface area contributed by atoms with Crippen molar-refractivity contribution in [3.8, 4) is 10.6 Å². The number of hydrogen-bond donors (Lipinski definition) is 1. The summed E-state index contributed by atoms with van der Waals surface area (Å²) in [5.74, 6) is 1.69. The van der Waals surface area contributed by atoms with Gasteiger partial charge in [-0.25, -0.2) is 4.98 Å². The molecule has 3 nitrogen and oxygen atoms in total. The summed E-state index contributed by atoms with van der Waals surface area (Å²) in [5, 5.41) is 4.74. The Morgan fingerprint density at radius 3 is 2.84 bits per heavy atom. The van der Waals surface area contributed by atoms with E-state index < -0.39 is 0 Å². The second-order valence-electron chi connectivity index (χ2n) is 5.65. The molecule has 4 heteroatoms. The van der Waals surface area contributed by atoms with Gasteiger partial charge in [0.15, 0.2) is 0 Å². The Labute approximate surface area is 117 Å². The van der Waals surface area contributed by atoms with Crippen LogP contribution < -0.4 is 5.32 Å². The minimum Gasteiger partial charge on any atom is -0.469 e. The van der Waals surface area contributed by atoms with E-state index in [1.807, 2.05) is 24.3 Å². The molecule has 0 saturated heterocycles. The van der Waals surface area contributed by atoms with E-state index >= 15 is 0 Å². The number of nitrogens with one attached hydrogen (secondary N) is 1. The summed E-state index contributed by atoms with van der Waals surface area (Å²) in [5.41, 5.74) is 2.50. The van der Waals surface area contributed by atoms with Crippen molar-refractivity contribution >= 4 is 11.3 Å². The zero-order valence-corrected chi connectivity index (χ0v) is 11.9. The van der Waals surface area contributed by atoms with Crippen LogP contribution in [0.15, 0.2) is 16.7 Å². The van der Waals surface area contributed by atoms with E-state index in [-0.39, 0.29) is 0 Å². The van der Waals surface area contributed by atoms with Crippen LogP contribution in [0.2, 0.25) is 0 Å². The molecule has 2 aliphatic carbocycles. The van der Waals surface area contributed by atoms with Gasteiger partial charge < -0.3 is 9.73 Å². The average Bonchev–Trinajstić information content (AvgIpc) is 3.32. The van der Waals surface area contributed by atoms with E-state index in [0.717, 1.165) is 28.9 Å². The van der Waals surface area contributed by atoms with Gasteiger partial charge in [-0.05, 0) is 38.7 Å². The molecule has 1 N–H and O–H groups in total. The lowest BCUT2D eigenvalue weighted by Gasteiger charge is -2.01. The van der Waals surface area contributed by atoms with Gasteiger partial charge in [-0.2, -0.15) is 0 Å². The fourth-order valence-electron chi connectivity index (χ4n) is 2.41. The molecule has 0 spiro atoms. The van der Waals surface area contributed by atoms with E-state index in [2.05, 4.69) is 5.32 Å². The molecule has 19 heavy (non-hydrogen) atoms. The topological polar surface area (TPSA) is 38.1 Å². The van der Waals surface area contributed by atoms with Gasteiger partial charge in [0.1, 0.15) is 10.8 Å². The Morgan fingerprint density at radius 1 is 1.37 bits per heavy atom. The van der Waals surface area contributed by atoms with E-state index in [0.29, 0.717) is 5.92 Å². The first-order valence-corrected chi connectivity index (χ1v) is 7.90. The van der Waals surface area contributed by atoms with Crippen molar-refractivity contribution in [2.75, 3.05) is 0 Å². The Kier molecular flexibility index (Phi) is 2.74. The fraction of sp³-hybridized carbons (Fsp3) is 0.533. The van der Waals surface area contributed by atoms with Crippen LogP contribution in [0.25, 0.3) is 10.6 Å². The highest BCUT2D eigenvalue weighted by Crippen LogP contribution is 2.44. The average molecular weight is 274 g/mol. The van der Waals surface area contributed by atoms with Gasteiger partial charge in [-0.1, -0.05) is 0 Å². The molecule has 2 aromatic rings. The van der Waals surface area contributed by atoms with Crippen LogP contribution in [0.1, 0.15) is 47.9 Å². The van der Waals surface area contributed by atoms with Gasteiger partial charge in [0.05, 0.1) is 17.5 Å². The predicted octanol–water partition coefficient (Wildman–Crippen LogP) is 3.84. The van der Waals surface area contributed by atoms with Crippen LogP contribution >= 0.6 is 11.3 Å². The van der Waals surface area contributed by atoms with Crippen molar-refractivity contribution in [1.29, 1.82) is 0 Å². The van der Waals surface area contributed by atoms with Crippen molar-refractivity contribution < 1.29 is 4.42 Å². The van der Waals surface area contributed by atoms with E-state index in [4.69, 9.17) is 9.40 Å². The Bertz CT molecular complexity index is 593. The summed E-state index contributed by atoms with van der Waals surface area (Å²) in [6, 6.07) is 2.79. The van der Waals surface area contributed by atoms with Crippen LogP contribution in [0.4, 0.5) is 0 Å². The maximum Gasteiger partial charge on any atom is 0.127 e. The van der Waals surface area contributed by atoms with Crippen molar-refractivity contribution in [3.63, 3.8) is 0 Å². The van der Waals surface area contributed by atoms with Crippen molar-refractivity contribution in [2.45, 2.75) is 51.1 Å². The molecule has 2 aromatic heterocycles. The molecule has 0 bridgehead atoms. The largest absolute Gasteiger partial charge is 0.469 e. The number of aryl methyl sites for hydroxylation is 1. The molecule has 2 saturated carbocycles. The number of furan rings is 1. The van der Waals surface area contributed by atoms with Gasteiger partial charge >= 0.3 is 0 Å². The summed E-state index contributed by atoms with van der Waals surface area (Å²) in [6.07, 6.45) is 7.05. The zero-order chi connectivity index (χ0) is 12.8. The first kappa shape index (κ1) is 11.7. The number of hydrogen-bond acceptors (Lipinski definition) is 4. The molecule has 0 unspecified atom stereocenters. The lowest BCUT2D eigenvalue weighted by Crippen LogP contribution is -2.15.